The third-order valence-corrected chi connectivity index (χ3v) is 3.96. The van der Waals surface area contributed by atoms with Gasteiger partial charge >= 0.3 is 0 Å². The van der Waals surface area contributed by atoms with Crippen LogP contribution in [0.15, 0.2) is 42.5 Å². The van der Waals surface area contributed by atoms with Gasteiger partial charge < -0.3 is 19.7 Å². The predicted octanol–water partition coefficient (Wildman–Crippen LogP) is 3.08. The Morgan fingerprint density at radius 1 is 1.20 bits per heavy atom. The molecule has 1 N–H and O–H groups in total. The molecule has 0 spiro atoms. The molecule has 6 heteroatoms. The number of fused-ring (bicyclic) bond motifs is 1. The smallest absolute Gasteiger partial charge is 0.265 e. The molecule has 0 atom stereocenters. The monoisotopic (exact) mass is 340 g/mol. The zero-order valence-electron chi connectivity index (χ0n) is 14.4. The normalized spacial score (nSPS) is 13.3. The van der Waals surface area contributed by atoms with Gasteiger partial charge in [0.1, 0.15) is 11.5 Å². The molecule has 2 aromatic rings. The van der Waals surface area contributed by atoms with Crippen LogP contribution in [0, 0.1) is 0 Å². The number of ether oxygens (including phenoxy) is 2. The summed E-state index contributed by atoms with van der Waals surface area (Å²) in [7, 11) is 1.58. The lowest BCUT2D eigenvalue weighted by atomic mass is 10.1. The van der Waals surface area contributed by atoms with Crippen LogP contribution in [0.5, 0.6) is 11.5 Å². The van der Waals surface area contributed by atoms with Crippen molar-refractivity contribution in [3.05, 3.63) is 48.0 Å². The zero-order chi connectivity index (χ0) is 18.0. The van der Waals surface area contributed by atoms with Gasteiger partial charge in [-0.1, -0.05) is 0 Å². The summed E-state index contributed by atoms with van der Waals surface area (Å²) in [4.78, 5) is 26.2. The molecule has 3 rings (SSSR count). The Hall–Kier alpha value is -3.02. The number of rotatable bonds is 4. The minimum absolute atomic E-state index is 0.00249. The van der Waals surface area contributed by atoms with E-state index in [0.717, 1.165) is 0 Å². The summed E-state index contributed by atoms with van der Waals surface area (Å²) >= 11 is 0. The number of methoxy groups -OCH3 is 1. The number of anilines is 2. The van der Waals surface area contributed by atoms with Crippen LogP contribution < -0.4 is 19.7 Å². The fourth-order valence-corrected chi connectivity index (χ4v) is 2.76. The van der Waals surface area contributed by atoms with Crippen molar-refractivity contribution >= 4 is 23.2 Å². The van der Waals surface area contributed by atoms with Gasteiger partial charge in [-0.3, -0.25) is 9.59 Å². The van der Waals surface area contributed by atoms with E-state index in [1.807, 2.05) is 13.8 Å². The number of amides is 2. The average molecular weight is 340 g/mol. The van der Waals surface area contributed by atoms with Gasteiger partial charge in [-0.05, 0) is 56.3 Å². The Morgan fingerprint density at radius 2 is 1.92 bits per heavy atom. The molecule has 0 fully saturated rings. The molecule has 0 radical (unpaired) electrons. The number of nitrogens with zero attached hydrogens (tertiary/aromatic N) is 1. The van der Waals surface area contributed by atoms with E-state index in [1.165, 1.54) is 0 Å². The Bertz CT molecular complexity index is 800. The van der Waals surface area contributed by atoms with E-state index in [-0.39, 0.29) is 24.5 Å². The van der Waals surface area contributed by atoms with E-state index in [0.29, 0.717) is 28.4 Å². The van der Waals surface area contributed by atoms with Crippen molar-refractivity contribution in [3.63, 3.8) is 0 Å². The molecule has 25 heavy (non-hydrogen) atoms. The minimum Gasteiger partial charge on any atom is -0.497 e. The van der Waals surface area contributed by atoms with Gasteiger partial charge in [-0.15, -0.1) is 0 Å². The second-order valence-electron chi connectivity index (χ2n) is 6.01. The standard InChI is InChI=1S/C19H20N2O4/c1-12(2)21-16-10-14(6-9-17(16)25-11-18(21)22)20-19(23)13-4-7-15(24-3)8-5-13/h4-10,12H,11H2,1-3H3,(H,20,23). The molecule has 0 unspecified atom stereocenters. The maximum Gasteiger partial charge on any atom is 0.265 e. The Kier molecular flexibility index (Phi) is 4.61. The van der Waals surface area contributed by atoms with Crippen LogP contribution in [0.2, 0.25) is 0 Å². The molecule has 2 aromatic carbocycles. The summed E-state index contributed by atoms with van der Waals surface area (Å²) in [6.45, 7) is 3.91. The number of carbonyl (C=O) groups is 2. The molecular weight excluding hydrogens is 320 g/mol. The first kappa shape index (κ1) is 16.8. The van der Waals surface area contributed by atoms with Crippen molar-refractivity contribution in [1.29, 1.82) is 0 Å². The highest BCUT2D eigenvalue weighted by Crippen LogP contribution is 2.35. The van der Waals surface area contributed by atoms with Crippen molar-refractivity contribution < 1.29 is 19.1 Å². The number of hydrogen-bond donors (Lipinski definition) is 1. The first-order valence-corrected chi connectivity index (χ1v) is 8.04. The molecule has 0 aromatic heterocycles. The molecule has 1 heterocycles. The Morgan fingerprint density at radius 3 is 2.56 bits per heavy atom. The van der Waals surface area contributed by atoms with E-state index in [2.05, 4.69) is 5.32 Å². The van der Waals surface area contributed by atoms with Crippen LogP contribution in [0.4, 0.5) is 11.4 Å². The molecular formula is C19H20N2O4. The molecule has 0 saturated carbocycles. The maximum atomic E-state index is 12.4. The lowest BCUT2D eigenvalue weighted by molar-refractivity contribution is -0.121. The van der Waals surface area contributed by atoms with Gasteiger partial charge in [0.15, 0.2) is 6.61 Å². The zero-order valence-corrected chi connectivity index (χ0v) is 14.4. The quantitative estimate of drug-likeness (QED) is 0.929. The maximum absolute atomic E-state index is 12.4. The molecule has 0 bridgehead atoms. The predicted molar refractivity (Wildman–Crippen MR) is 95.5 cm³/mol. The van der Waals surface area contributed by atoms with Crippen LogP contribution in [-0.4, -0.2) is 31.6 Å². The van der Waals surface area contributed by atoms with E-state index >= 15 is 0 Å². The Labute approximate surface area is 146 Å². The topological polar surface area (TPSA) is 67.9 Å². The third-order valence-electron chi connectivity index (χ3n) is 3.96. The van der Waals surface area contributed by atoms with Gasteiger partial charge in [0.05, 0.1) is 12.8 Å². The molecule has 6 nitrogen and oxygen atoms in total. The summed E-state index contributed by atoms with van der Waals surface area (Å²) in [5.74, 6) is 0.993. The molecule has 0 aliphatic carbocycles. The lowest BCUT2D eigenvalue weighted by Gasteiger charge is -2.32. The number of carbonyl (C=O) groups excluding carboxylic acids is 2. The summed E-state index contributed by atoms with van der Waals surface area (Å²) < 4.78 is 10.6. The van der Waals surface area contributed by atoms with E-state index in [9.17, 15) is 9.59 Å². The summed E-state index contributed by atoms with van der Waals surface area (Å²) in [6, 6.07) is 12.1. The highest BCUT2D eigenvalue weighted by atomic mass is 16.5. The van der Waals surface area contributed by atoms with Gasteiger partial charge in [0, 0.05) is 17.3 Å². The highest BCUT2D eigenvalue weighted by Gasteiger charge is 2.28. The van der Waals surface area contributed by atoms with Crippen molar-refractivity contribution in [3.8, 4) is 11.5 Å². The number of nitrogens with one attached hydrogen (secondary N) is 1. The Balaban J connectivity index is 1.84. The number of hydrogen-bond acceptors (Lipinski definition) is 4. The van der Waals surface area contributed by atoms with Crippen molar-refractivity contribution in [1.82, 2.24) is 0 Å². The molecule has 2 amide bonds. The van der Waals surface area contributed by atoms with Gasteiger partial charge in [-0.2, -0.15) is 0 Å². The summed E-state index contributed by atoms with van der Waals surface area (Å²) in [5.41, 5.74) is 1.79. The highest BCUT2D eigenvalue weighted by molar-refractivity contribution is 6.05. The number of benzene rings is 2. The van der Waals surface area contributed by atoms with Gasteiger partial charge in [0.2, 0.25) is 0 Å². The van der Waals surface area contributed by atoms with Crippen molar-refractivity contribution in [2.45, 2.75) is 19.9 Å². The van der Waals surface area contributed by atoms with Gasteiger partial charge in [0.25, 0.3) is 11.8 Å². The van der Waals surface area contributed by atoms with E-state index < -0.39 is 0 Å². The van der Waals surface area contributed by atoms with Crippen molar-refractivity contribution in [2.75, 3.05) is 23.9 Å². The van der Waals surface area contributed by atoms with E-state index in [1.54, 1.807) is 54.5 Å². The average Bonchev–Trinajstić information content (AvgIpc) is 2.61. The first-order chi connectivity index (χ1) is 12.0. The molecule has 0 saturated heterocycles. The molecule has 1 aliphatic rings. The molecule has 1 aliphatic heterocycles. The second kappa shape index (κ2) is 6.84. The third kappa shape index (κ3) is 3.42. The van der Waals surface area contributed by atoms with Crippen LogP contribution in [0.25, 0.3) is 0 Å². The van der Waals surface area contributed by atoms with Crippen LogP contribution >= 0.6 is 0 Å². The fourth-order valence-electron chi connectivity index (χ4n) is 2.76. The summed E-state index contributed by atoms with van der Waals surface area (Å²) in [5, 5.41) is 2.85. The lowest BCUT2D eigenvalue weighted by Crippen LogP contribution is -2.43. The summed E-state index contributed by atoms with van der Waals surface area (Å²) in [6.07, 6.45) is 0. The SMILES string of the molecule is COc1ccc(C(=O)Nc2ccc3c(c2)N(C(C)C)C(=O)CO3)cc1. The minimum atomic E-state index is -0.234. The van der Waals surface area contributed by atoms with Gasteiger partial charge in [-0.25, -0.2) is 0 Å². The fraction of sp³-hybridized carbons (Fsp3) is 0.263. The molecule has 130 valence electrons. The van der Waals surface area contributed by atoms with Crippen LogP contribution in [0.3, 0.4) is 0 Å². The van der Waals surface area contributed by atoms with Crippen LogP contribution in [0.1, 0.15) is 24.2 Å². The van der Waals surface area contributed by atoms with Crippen LogP contribution in [-0.2, 0) is 4.79 Å². The van der Waals surface area contributed by atoms with Crippen molar-refractivity contribution in [2.24, 2.45) is 0 Å². The second-order valence-corrected chi connectivity index (χ2v) is 6.01. The first-order valence-electron chi connectivity index (χ1n) is 8.04. The largest absolute Gasteiger partial charge is 0.497 e. The van der Waals surface area contributed by atoms with E-state index in [4.69, 9.17) is 9.47 Å².